The second-order valence-electron chi connectivity index (χ2n) is 8.72. The molecule has 0 radical (unpaired) electrons. The van der Waals surface area contributed by atoms with Crippen molar-refractivity contribution in [1.82, 2.24) is 20.0 Å². The first-order valence-corrected chi connectivity index (χ1v) is 11.2. The van der Waals surface area contributed by atoms with Crippen molar-refractivity contribution in [3.8, 4) is 0 Å². The first kappa shape index (κ1) is 21.3. The number of nitrogens with zero attached hydrogens (tertiary/aromatic N) is 3. The lowest BCUT2D eigenvalue weighted by Gasteiger charge is -2.39. The van der Waals surface area contributed by atoms with Gasteiger partial charge in [-0.15, -0.1) is 0 Å². The van der Waals surface area contributed by atoms with Crippen LogP contribution in [0, 0.1) is 0 Å². The Kier molecular flexibility index (Phi) is 5.98. The molecule has 1 aromatic carbocycles. The number of hydrogen-bond donors (Lipinski definition) is 1. The fourth-order valence-corrected chi connectivity index (χ4v) is 4.95. The Morgan fingerprint density at radius 3 is 2.42 bits per heavy atom. The molecule has 0 unspecified atom stereocenters. The molecule has 5 amide bonds. The Bertz CT molecular complexity index is 864. The molecule has 4 rings (SSSR count). The quantitative estimate of drug-likeness (QED) is 0.740. The zero-order valence-electron chi connectivity index (χ0n) is 18.0. The van der Waals surface area contributed by atoms with Crippen LogP contribution < -0.4 is 5.32 Å². The molecule has 3 heterocycles. The number of amides is 5. The molecule has 0 aliphatic carbocycles. The number of imide groups is 1. The number of hydrogen-bond acceptors (Lipinski definition) is 4. The molecule has 1 atom stereocenters. The van der Waals surface area contributed by atoms with Crippen molar-refractivity contribution in [3.05, 3.63) is 35.9 Å². The number of rotatable bonds is 4. The van der Waals surface area contributed by atoms with E-state index in [9.17, 15) is 19.2 Å². The zero-order chi connectivity index (χ0) is 22.0. The number of carbonyl (C=O) groups is 4. The van der Waals surface area contributed by atoms with Crippen LogP contribution in [0.1, 0.15) is 44.6 Å². The first-order chi connectivity index (χ1) is 14.9. The lowest BCUT2D eigenvalue weighted by Crippen LogP contribution is -2.57. The number of likely N-dealkylation sites (tertiary alicyclic amines) is 2. The maximum Gasteiger partial charge on any atom is 0.325 e. The molecule has 0 aromatic heterocycles. The second-order valence-corrected chi connectivity index (χ2v) is 8.72. The summed E-state index contributed by atoms with van der Waals surface area (Å²) in [5, 5.41) is 2.92. The van der Waals surface area contributed by atoms with Gasteiger partial charge in [0.15, 0.2) is 0 Å². The molecule has 1 spiro atoms. The van der Waals surface area contributed by atoms with E-state index in [-0.39, 0.29) is 29.8 Å². The van der Waals surface area contributed by atoms with Gasteiger partial charge in [0.25, 0.3) is 5.91 Å². The molecule has 3 aliphatic heterocycles. The first-order valence-electron chi connectivity index (χ1n) is 11.2. The molecular weight excluding hydrogens is 396 g/mol. The molecule has 8 heteroatoms. The Morgan fingerprint density at radius 2 is 1.74 bits per heavy atom. The second kappa shape index (κ2) is 8.69. The molecule has 1 aromatic rings. The molecule has 0 saturated carbocycles. The van der Waals surface area contributed by atoms with Gasteiger partial charge in [0.1, 0.15) is 5.54 Å². The van der Waals surface area contributed by atoms with E-state index >= 15 is 0 Å². The molecule has 3 fully saturated rings. The highest BCUT2D eigenvalue weighted by atomic mass is 16.2. The maximum absolute atomic E-state index is 13.3. The molecule has 3 aliphatic rings. The molecule has 166 valence electrons. The molecular formula is C23H30N4O4. The van der Waals surface area contributed by atoms with Gasteiger partial charge in [-0.2, -0.15) is 0 Å². The van der Waals surface area contributed by atoms with Crippen molar-refractivity contribution in [2.45, 2.75) is 57.0 Å². The SMILES string of the molecule is CCC(=O)N1CCC2(CC1)NC(=O)N([C@H]1CCCN(C(=O)Cc3ccccc3)C1)C2=O. The van der Waals surface area contributed by atoms with Crippen LogP contribution in [0.4, 0.5) is 4.79 Å². The minimum absolute atomic E-state index is 0.0176. The summed E-state index contributed by atoms with van der Waals surface area (Å²) in [6.45, 7) is 3.79. The van der Waals surface area contributed by atoms with E-state index in [1.807, 2.05) is 37.3 Å². The van der Waals surface area contributed by atoms with Crippen molar-refractivity contribution < 1.29 is 19.2 Å². The van der Waals surface area contributed by atoms with Crippen molar-refractivity contribution in [2.24, 2.45) is 0 Å². The van der Waals surface area contributed by atoms with Gasteiger partial charge >= 0.3 is 6.03 Å². The minimum Gasteiger partial charge on any atom is -0.343 e. The third-order valence-corrected chi connectivity index (χ3v) is 6.78. The molecule has 0 bridgehead atoms. The van der Waals surface area contributed by atoms with Crippen molar-refractivity contribution in [2.75, 3.05) is 26.2 Å². The number of nitrogens with one attached hydrogen (secondary N) is 1. The van der Waals surface area contributed by atoms with E-state index in [1.54, 1.807) is 9.80 Å². The van der Waals surface area contributed by atoms with Gasteiger partial charge in [-0.25, -0.2) is 4.79 Å². The van der Waals surface area contributed by atoms with E-state index in [2.05, 4.69) is 5.32 Å². The highest BCUT2D eigenvalue weighted by Crippen LogP contribution is 2.32. The minimum atomic E-state index is -0.919. The lowest BCUT2D eigenvalue weighted by molar-refractivity contribution is -0.141. The fourth-order valence-electron chi connectivity index (χ4n) is 4.95. The average Bonchev–Trinajstić information content (AvgIpc) is 3.03. The summed E-state index contributed by atoms with van der Waals surface area (Å²) in [6, 6.07) is 8.91. The Labute approximate surface area is 182 Å². The van der Waals surface area contributed by atoms with Crippen LogP contribution in [0.5, 0.6) is 0 Å². The van der Waals surface area contributed by atoms with Crippen LogP contribution in [0.3, 0.4) is 0 Å². The van der Waals surface area contributed by atoms with Crippen LogP contribution in [-0.2, 0) is 20.8 Å². The van der Waals surface area contributed by atoms with Crippen LogP contribution in [0.15, 0.2) is 30.3 Å². The molecule has 31 heavy (non-hydrogen) atoms. The average molecular weight is 427 g/mol. The van der Waals surface area contributed by atoms with Crippen LogP contribution >= 0.6 is 0 Å². The number of benzene rings is 1. The van der Waals surface area contributed by atoms with Gasteiger partial charge in [-0.05, 0) is 31.2 Å². The van der Waals surface area contributed by atoms with E-state index in [0.29, 0.717) is 58.3 Å². The molecule has 8 nitrogen and oxygen atoms in total. The van der Waals surface area contributed by atoms with E-state index in [4.69, 9.17) is 0 Å². The highest BCUT2D eigenvalue weighted by molar-refractivity contribution is 6.07. The van der Waals surface area contributed by atoms with E-state index in [1.165, 1.54) is 4.90 Å². The summed E-state index contributed by atoms with van der Waals surface area (Å²) in [5.74, 6) is -0.115. The van der Waals surface area contributed by atoms with Gasteiger partial charge in [0.2, 0.25) is 11.8 Å². The van der Waals surface area contributed by atoms with Gasteiger partial charge in [0.05, 0.1) is 12.5 Å². The van der Waals surface area contributed by atoms with Crippen molar-refractivity contribution >= 4 is 23.8 Å². The van der Waals surface area contributed by atoms with Crippen LogP contribution in [0.25, 0.3) is 0 Å². The smallest absolute Gasteiger partial charge is 0.325 e. The number of urea groups is 1. The molecule has 3 saturated heterocycles. The highest BCUT2D eigenvalue weighted by Gasteiger charge is 2.54. The third kappa shape index (κ3) is 4.16. The van der Waals surface area contributed by atoms with Gasteiger partial charge in [-0.1, -0.05) is 37.3 Å². The molecule has 1 N–H and O–H groups in total. The van der Waals surface area contributed by atoms with Crippen LogP contribution in [-0.4, -0.2) is 76.2 Å². The lowest BCUT2D eigenvalue weighted by atomic mass is 9.87. The summed E-state index contributed by atoms with van der Waals surface area (Å²) in [6.07, 6.45) is 3.08. The number of carbonyl (C=O) groups excluding carboxylic acids is 4. The Morgan fingerprint density at radius 1 is 1.03 bits per heavy atom. The zero-order valence-corrected chi connectivity index (χ0v) is 18.0. The summed E-state index contributed by atoms with van der Waals surface area (Å²) in [4.78, 5) is 55.8. The van der Waals surface area contributed by atoms with E-state index in [0.717, 1.165) is 12.0 Å². The Hall–Kier alpha value is -2.90. The van der Waals surface area contributed by atoms with Gasteiger partial charge < -0.3 is 15.1 Å². The standard InChI is InChI=1S/C23H30N4O4/c1-2-19(28)25-13-10-23(11-14-25)21(30)27(22(31)24-23)18-9-6-12-26(16-18)20(29)15-17-7-4-3-5-8-17/h3-5,7-8,18H,2,6,9-16H2,1H3,(H,24,31)/t18-/m0/s1. The Balaban J connectivity index is 1.41. The summed E-state index contributed by atoms with van der Waals surface area (Å²) < 4.78 is 0. The number of piperidine rings is 2. The third-order valence-electron chi connectivity index (χ3n) is 6.78. The van der Waals surface area contributed by atoms with Crippen LogP contribution in [0.2, 0.25) is 0 Å². The topological polar surface area (TPSA) is 90.0 Å². The summed E-state index contributed by atoms with van der Waals surface area (Å²) in [5.41, 5.74) is 0.0368. The largest absolute Gasteiger partial charge is 0.343 e. The predicted octanol–water partition coefficient (Wildman–Crippen LogP) is 1.54. The fraction of sp³-hybridized carbons (Fsp3) is 0.565. The maximum atomic E-state index is 13.3. The monoisotopic (exact) mass is 426 g/mol. The summed E-state index contributed by atoms with van der Waals surface area (Å²) in [7, 11) is 0. The summed E-state index contributed by atoms with van der Waals surface area (Å²) >= 11 is 0. The predicted molar refractivity (Wildman–Crippen MR) is 114 cm³/mol. The van der Waals surface area contributed by atoms with Crippen molar-refractivity contribution in [1.29, 1.82) is 0 Å². The van der Waals surface area contributed by atoms with Crippen molar-refractivity contribution in [3.63, 3.8) is 0 Å². The van der Waals surface area contributed by atoms with Gasteiger partial charge in [-0.3, -0.25) is 19.3 Å². The van der Waals surface area contributed by atoms with E-state index < -0.39 is 5.54 Å². The normalized spacial score (nSPS) is 23.3. The van der Waals surface area contributed by atoms with Gasteiger partial charge in [0, 0.05) is 32.6 Å².